The van der Waals surface area contributed by atoms with Crippen LogP contribution in [0.2, 0.25) is 0 Å². The van der Waals surface area contributed by atoms with Gasteiger partial charge >= 0.3 is 24.2 Å². The maximum Gasteiger partial charge on any atom is 0.435 e. The lowest BCUT2D eigenvalue weighted by molar-refractivity contribution is -0.156. The van der Waals surface area contributed by atoms with Gasteiger partial charge in [0.05, 0.1) is 19.5 Å². The molecule has 0 aromatic heterocycles. The molecule has 0 aliphatic carbocycles. The van der Waals surface area contributed by atoms with Gasteiger partial charge in [0.25, 0.3) is 5.91 Å². The zero-order valence-electron chi connectivity index (χ0n) is 36.6. The summed E-state index contributed by atoms with van der Waals surface area (Å²) in [5.41, 5.74) is -2.26. The molecule has 18 nitrogen and oxygen atoms in total. The van der Waals surface area contributed by atoms with Crippen LogP contribution in [-0.4, -0.2) is 95.9 Å². The second-order valence-electron chi connectivity index (χ2n) is 17.4. The highest BCUT2D eigenvalue weighted by Gasteiger charge is 2.28. The van der Waals surface area contributed by atoms with Crippen LogP contribution in [0.5, 0.6) is 5.75 Å². The number of amidine groups is 1. The predicted molar refractivity (Wildman–Crippen MR) is 223 cm³/mol. The molecule has 6 amide bonds. The van der Waals surface area contributed by atoms with Gasteiger partial charge in [-0.2, -0.15) is 4.99 Å². The van der Waals surface area contributed by atoms with E-state index in [4.69, 9.17) is 23.7 Å². The van der Waals surface area contributed by atoms with E-state index in [2.05, 4.69) is 31.6 Å². The van der Waals surface area contributed by atoms with E-state index in [1.54, 1.807) is 119 Å². The number of anilines is 1. The number of nitrogens with zero attached hydrogens (tertiary/aromatic N) is 1. The number of ether oxygens (including phenoxy) is 5. The Bertz CT molecular complexity index is 1870. The molecule has 5 N–H and O–H groups in total. The third kappa shape index (κ3) is 22.1. The molecular weight excluding hydrogens is 780 g/mol. The summed E-state index contributed by atoms with van der Waals surface area (Å²) in [5, 5.41) is 12.7. The Kier molecular flexibility index (Phi) is 18.1. The standard InChI is InChI=1S/C42H60N6O12/c1-39(2,3)57-33(50)24-30(35(52)45-28-16-18-29(19-17-28)56-21-20-43-36(53)58-40(4,5)6)46-32(49)25-44-34(51)27-15-13-14-26(22-27)23-31(47-37(54)59-41(7,8)9)48-38(55)60-42(10,11)12/h13-19,22,30H,20-21,23-25H2,1-12H3,(H,43,53)(H,44,51)(H,45,52)(H,46,49)(H,47,48,54,55)/t30-/m0/s1. The summed E-state index contributed by atoms with van der Waals surface area (Å²) in [7, 11) is 0. The van der Waals surface area contributed by atoms with E-state index in [1.807, 2.05) is 0 Å². The lowest BCUT2D eigenvalue weighted by Gasteiger charge is -2.23. The van der Waals surface area contributed by atoms with E-state index in [-0.39, 0.29) is 31.0 Å². The SMILES string of the molecule is CC(C)(C)OC(=O)C[C@H](NC(=O)CNC(=O)c1cccc(CC(=NC(=O)OC(C)(C)C)NC(=O)OC(C)(C)C)c1)C(=O)Nc1ccc(OCCNC(=O)OC(C)(C)C)cc1. The average Bonchev–Trinajstić information content (AvgIpc) is 3.06. The number of amides is 6. The third-order valence-electron chi connectivity index (χ3n) is 6.84. The first-order chi connectivity index (χ1) is 27.6. The number of hydrogen-bond acceptors (Lipinski definition) is 12. The molecule has 0 aliphatic heterocycles. The molecule has 330 valence electrons. The van der Waals surface area contributed by atoms with E-state index < -0.39 is 83.4 Å². The molecule has 2 aromatic carbocycles. The van der Waals surface area contributed by atoms with Gasteiger partial charge in [-0.25, -0.2) is 14.4 Å². The molecule has 2 aromatic rings. The largest absolute Gasteiger partial charge is 0.492 e. The molecule has 0 spiro atoms. The lowest BCUT2D eigenvalue weighted by atomic mass is 10.1. The maximum atomic E-state index is 13.4. The van der Waals surface area contributed by atoms with Gasteiger partial charge in [0.2, 0.25) is 11.8 Å². The first-order valence-corrected chi connectivity index (χ1v) is 19.3. The number of carbonyl (C=O) groups is 7. The molecule has 2 rings (SSSR count). The molecule has 0 bridgehead atoms. The number of hydrogen-bond donors (Lipinski definition) is 5. The Morgan fingerprint density at radius 3 is 1.85 bits per heavy atom. The van der Waals surface area contributed by atoms with Gasteiger partial charge in [-0.05, 0) is 125 Å². The summed E-state index contributed by atoms with van der Waals surface area (Å²) in [6.07, 6.45) is -2.99. The normalized spacial score (nSPS) is 12.5. The van der Waals surface area contributed by atoms with Gasteiger partial charge in [0.1, 0.15) is 46.6 Å². The van der Waals surface area contributed by atoms with Crippen LogP contribution in [0, 0.1) is 0 Å². The van der Waals surface area contributed by atoms with Crippen molar-refractivity contribution in [3.63, 3.8) is 0 Å². The van der Waals surface area contributed by atoms with Crippen LogP contribution >= 0.6 is 0 Å². The minimum absolute atomic E-state index is 0.0984. The van der Waals surface area contributed by atoms with Crippen molar-refractivity contribution in [3.05, 3.63) is 59.7 Å². The van der Waals surface area contributed by atoms with Crippen LogP contribution in [0.4, 0.5) is 20.1 Å². The minimum Gasteiger partial charge on any atom is -0.492 e. The third-order valence-corrected chi connectivity index (χ3v) is 6.84. The van der Waals surface area contributed by atoms with Crippen molar-refractivity contribution in [1.82, 2.24) is 21.3 Å². The Balaban J connectivity index is 2.11. The van der Waals surface area contributed by atoms with Crippen molar-refractivity contribution in [2.24, 2.45) is 4.99 Å². The number of aliphatic imine (C=N–C) groups is 1. The van der Waals surface area contributed by atoms with Crippen LogP contribution < -0.4 is 31.3 Å². The molecule has 60 heavy (non-hydrogen) atoms. The van der Waals surface area contributed by atoms with E-state index in [0.29, 0.717) is 17.0 Å². The molecule has 1 atom stereocenters. The number of esters is 1. The van der Waals surface area contributed by atoms with Gasteiger partial charge in [0.15, 0.2) is 0 Å². The highest BCUT2D eigenvalue weighted by molar-refractivity contribution is 6.02. The highest BCUT2D eigenvalue weighted by atomic mass is 16.6. The Morgan fingerprint density at radius 1 is 0.683 bits per heavy atom. The van der Waals surface area contributed by atoms with E-state index >= 15 is 0 Å². The van der Waals surface area contributed by atoms with Gasteiger partial charge in [-0.1, -0.05) is 12.1 Å². The van der Waals surface area contributed by atoms with E-state index in [0.717, 1.165) is 0 Å². The minimum atomic E-state index is -1.39. The van der Waals surface area contributed by atoms with E-state index in [9.17, 15) is 33.6 Å². The molecule has 0 unspecified atom stereocenters. The Morgan fingerprint density at radius 2 is 1.27 bits per heavy atom. The second kappa shape index (κ2) is 21.7. The molecule has 0 saturated carbocycles. The first kappa shape index (κ1) is 49.9. The quantitative estimate of drug-likeness (QED) is 0.0516. The van der Waals surface area contributed by atoms with Crippen LogP contribution in [0.1, 0.15) is 105 Å². The topological polar surface area (TPSA) is 238 Å². The molecular formula is C42H60N6O12. The van der Waals surface area contributed by atoms with Gasteiger partial charge < -0.3 is 45.0 Å². The molecule has 0 aliphatic rings. The number of benzene rings is 2. The zero-order chi connectivity index (χ0) is 45.5. The Hall–Kier alpha value is -6.20. The van der Waals surface area contributed by atoms with Gasteiger partial charge in [0, 0.05) is 17.7 Å². The number of nitrogens with one attached hydrogen (secondary N) is 5. The molecule has 18 heteroatoms. The number of rotatable bonds is 14. The average molecular weight is 841 g/mol. The van der Waals surface area contributed by atoms with Crippen molar-refractivity contribution >= 4 is 53.5 Å². The summed E-state index contributed by atoms with van der Waals surface area (Å²) in [5.74, 6) is -2.56. The molecule has 0 fully saturated rings. The maximum absolute atomic E-state index is 13.4. The summed E-state index contributed by atoms with van der Waals surface area (Å²) in [6.45, 7) is 20.0. The zero-order valence-corrected chi connectivity index (χ0v) is 36.6. The van der Waals surface area contributed by atoms with E-state index in [1.165, 1.54) is 12.1 Å². The van der Waals surface area contributed by atoms with Crippen molar-refractivity contribution < 1.29 is 57.2 Å². The van der Waals surface area contributed by atoms with Gasteiger partial charge in [-0.15, -0.1) is 0 Å². The van der Waals surface area contributed by atoms with Crippen molar-refractivity contribution in [2.75, 3.05) is 25.0 Å². The van der Waals surface area contributed by atoms with Gasteiger partial charge in [-0.3, -0.25) is 24.5 Å². The summed E-state index contributed by atoms with van der Waals surface area (Å²) >= 11 is 0. The van der Waals surface area contributed by atoms with Crippen LogP contribution in [0.3, 0.4) is 0 Å². The monoisotopic (exact) mass is 840 g/mol. The van der Waals surface area contributed by atoms with Crippen molar-refractivity contribution in [1.29, 1.82) is 0 Å². The van der Waals surface area contributed by atoms with Crippen LogP contribution in [0.15, 0.2) is 53.5 Å². The second-order valence-corrected chi connectivity index (χ2v) is 17.4. The lowest BCUT2D eigenvalue weighted by Crippen LogP contribution is -2.48. The van der Waals surface area contributed by atoms with Crippen molar-refractivity contribution in [3.8, 4) is 5.75 Å². The number of alkyl carbamates (subject to hydrolysis) is 2. The number of carbonyl (C=O) groups excluding carboxylic acids is 7. The Labute approximate surface area is 351 Å². The van der Waals surface area contributed by atoms with Crippen LogP contribution in [0.25, 0.3) is 0 Å². The van der Waals surface area contributed by atoms with Crippen LogP contribution in [-0.2, 0) is 39.8 Å². The molecule has 0 saturated heterocycles. The molecule has 0 radical (unpaired) electrons. The summed E-state index contributed by atoms with van der Waals surface area (Å²) in [4.78, 5) is 93.2. The predicted octanol–water partition coefficient (Wildman–Crippen LogP) is 5.58. The summed E-state index contributed by atoms with van der Waals surface area (Å²) in [6, 6.07) is 11.0. The fraction of sp³-hybridized carbons (Fsp3) is 0.524. The smallest absolute Gasteiger partial charge is 0.435 e. The molecule has 0 heterocycles. The fourth-order valence-electron chi connectivity index (χ4n) is 4.71. The van der Waals surface area contributed by atoms with Crippen molar-refractivity contribution in [2.45, 2.75) is 124 Å². The fourth-order valence-corrected chi connectivity index (χ4v) is 4.71. The highest BCUT2D eigenvalue weighted by Crippen LogP contribution is 2.17. The first-order valence-electron chi connectivity index (χ1n) is 19.3. The summed E-state index contributed by atoms with van der Waals surface area (Å²) < 4.78 is 26.7.